The molecule has 50 valence electrons. The van der Waals surface area contributed by atoms with E-state index in [0.29, 0.717) is 13.1 Å². The Morgan fingerprint density at radius 1 is 1.11 bits per heavy atom. The summed E-state index contributed by atoms with van der Waals surface area (Å²) in [6.07, 6.45) is 0. The lowest BCUT2D eigenvalue weighted by Gasteiger charge is -1.87. The van der Waals surface area contributed by atoms with E-state index in [1.54, 1.807) is 0 Å². The van der Waals surface area contributed by atoms with Crippen LogP contribution in [0.15, 0.2) is 16.5 Å². The van der Waals surface area contributed by atoms with Crippen LogP contribution in [0.5, 0.6) is 0 Å². The molecule has 1 aromatic rings. The number of rotatable bonds is 2. The van der Waals surface area contributed by atoms with E-state index in [4.69, 9.17) is 15.9 Å². The summed E-state index contributed by atoms with van der Waals surface area (Å²) in [6, 6.07) is 3.67. The van der Waals surface area contributed by atoms with Crippen LogP contribution in [0.3, 0.4) is 0 Å². The van der Waals surface area contributed by atoms with Crippen LogP contribution in [0.25, 0.3) is 0 Å². The highest BCUT2D eigenvalue weighted by atomic mass is 16.3. The maximum Gasteiger partial charge on any atom is 0.117 e. The Bertz CT molecular complexity index is 164. The Balaban J connectivity index is 2.74. The smallest absolute Gasteiger partial charge is 0.117 e. The third kappa shape index (κ3) is 1.31. The second-order valence-corrected chi connectivity index (χ2v) is 1.78. The topological polar surface area (TPSA) is 65.2 Å². The molecule has 0 fully saturated rings. The molecule has 0 saturated carbocycles. The fourth-order valence-corrected chi connectivity index (χ4v) is 0.642. The van der Waals surface area contributed by atoms with Crippen LogP contribution in [0.2, 0.25) is 0 Å². The SMILES string of the molecule is NCc1ccc(CN)o1. The summed E-state index contributed by atoms with van der Waals surface area (Å²) >= 11 is 0. The Labute approximate surface area is 53.6 Å². The Hall–Kier alpha value is -0.800. The van der Waals surface area contributed by atoms with Crippen LogP contribution in [0.4, 0.5) is 0 Å². The molecule has 0 aromatic carbocycles. The molecule has 0 aliphatic heterocycles. The fourth-order valence-electron chi connectivity index (χ4n) is 0.642. The van der Waals surface area contributed by atoms with Crippen LogP contribution < -0.4 is 11.5 Å². The van der Waals surface area contributed by atoms with E-state index >= 15 is 0 Å². The van der Waals surface area contributed by atoms with E-state index in [9.17, 15) is 0 Å². The second-order valence-electron chi connectivity index (χ2n) is 1.78. The summed E-state index contributed by atoms with van der Waals surface area (Å²) in [5.74, 6) is 1.57. The van der Waals surface area contributed by atoms with Crippen LogP contribution in [0.1, 0.15) is 11.5 Å². The lowest BCUT2D eigenvalue weighted by Crippen LogP contribution is -1.95. The Morgan fingerprint density at radius 3 is 1.78 bits per heavy atom. The van der Waals surface area contributed by atoms with Crippen LogP contribution in [-0.2, 0) is 13.1 Å². The zero-order chi connectivity index (χ0) is 6.69. The van der Waals surface area contributed by atoms with Crippen molar-refractivity contribution in [2.45, 2.75) is 13.1 Å². The second kappa shape index (κ2) is 2.66. The fraction of sp³-hybridized carbons (Fsp3) is 0.333. The molecule has 0 atom stereocenters. The van der Waals surface area contributed by atoms with Crippen molar-refractivity contribution in [1.29, 1.82) is 0 Å². The first-order valence-corrected chi connectivity index (χ1v) is 2.84. The summed E-state index contributed by atoms with van der Waals surface area (Å²) < 4.78 is 5.13. The molecule has 0 aliphatic carbocycles. The van der Waals surface area contributed by atoms with Gasteiger partial charge in [0.1, 0.15) is 11.5 Å². The minimum Gasteiger partial charge on any atom is -0.463 e. The predicted molar refractivity (Wildman–Crippen MR) is 34.5 cm³/mol. The highest BCUT2D eigenvalue weighted by Crippen LogP contribution is 2.04. The molecular formula is C6H10N2O. The van der Waals surface area contributed by atoms with Gasteiger partial charge in [0.2, 0.25) is 0 Å². The highest BCUT2D eigenvalue weighted by Gasteiger charge is 1.95. The molecule has 0 spiro atoms. The summed E-state index contributed by atoms with van der Waals surface area (Å²) in [6.45, 7) is 0.889. The van der Waals surface area contributed by atoms with Gasteiger partial charge in [0.25, 0.3) is 0 Å². The third-order valence-corrected chi connectivity index (χ3v) is 1.12. The molecule has 1 aromatic heterocycles. The van der Waals surface area contributed by atoms with Crippen molar-refractivity contribution in [3.8, 4) is 0 Å². The van der Waals surface area contributed by atoms with Crippen LogP contribution in [0, 0.1) is 0 Å². The average molecular weight is 126 g/mol. The van der Waals surface area contributed by atoms with Gasteiger partial charge in [0.05, 0.1) is 13.1 Å². The van der Waals surface area contributed by atoms with Gasteiger partial charge in [0.15, 0.2) is 0 Å². The first kappa shape index (κ1) is 6.32. The van der Waals surface area contributed by atoms with Crippen molar-refractivity contribution in [1.82, 2.24) is 0 Å². The number of furan rings is 1. The van der Waals surface area contributed by atoms with Gasteiger partial charge in [-0.25, -0.2) is 0 Å². The van der Waals surface area contributed by atoms with Crippen molar-refractivity contribution < 1.29 is 4.42 Å². The molecule has 0 radical (unpaired) electrons. The van der Waals surface area contributed by atoms with Crippen LogP contribution >= 0.6 is 0 Å². The Morgan fingerprint density at radius 2 is 1.56 bits per heavy atom. The highest BCUT2D eigenvalue weighted by molar-refractivity contribution is 5.06. The lowest BCUT2D eigenvalue weighted by molar-refractivity contribution is 0.468. The van der Waals surface area contributed by atoms with E-state index in [0.717, 1.165) is 11.5 Å². The minimum atomic E-state index is 0.444. The van der Waals surface area contributed by atoms with Crippen molar-refractivity contribution in [2.75, 3.05) is 0 Å². The lowest BCUT2D eigenvalue weighted by atomic mass is 10.4. The Kier molecular flexibility index (Phi) is 1.87. The predicted octanol–water partition coefficient (Wildman–Crippen LogP) is 0.197. The largest absolute Gasteiger partial charge is 0.463 e. The van der Waals surface area contributed by atoms with Crippen molar-refractivity contribution in [3.63, 3.8) is 0 Å². The quantitative estimate of drug-likeness (QED) is 0.594. The van der Waals surface area contributed by atoms with Crippen molar-refractivity contribution >= 4 is 0 Å². The van der Waals surface area contributed by atoms with E-state index in [1.807, 2.05) is 12.1 Å². The molecule has 3 nitrogen and oxygen atoms in total. The summed E-state index contributed by atoms with van der Waals surface area (Å²) in [5.41, 5.74) is 10.6. The molecule has 0 unspecified atom stereocenters. The van der Waals surface area contributed by atoms with Gasteiger partial charge in [0, 0.05) is 0 Å². The number of nitrogens with two attached hydrogens (primary N) is 2. The maximum absolute atomic E-state index is 5.28. The molecule has 0 saturated heterocycles. The minimum absolute atomic E-state index is 0.444. The molecule has 0 bridgehead atoms. The molecule has 3 heteroatoms. The molecule has 1 heterocycles. The van der Waals surface area contributed by atoms with Crippen LogP contribution in [-0.4, -0.2) is 0 Å². The first-order chi connectivity index (χ1) is 4.36. The maximum atomic E-state index is 5.28. The van der Waals surface area contributed by atoms with Gasteiger partial charge < -0.3 is 15.9 Å². The average Bonchev–Trinajstić information content (AvgIpc) is 2.34. The van der Waals surface area contributed by atoms with E-state index in [-0.39, 0.29) is 0 Å². The first-order valence-electron chi connectivity index (χ1n) is 2.84. The molecule has 4 N–H and O–H groups in total. The van der Waals surface area contributed by atoms with Gasteiger partial charge >= 0.3 is 0 Å². The van der Waals surface area contributed by atoms with Gasteiger partial charge in [-0.15, -0.1) is 0 Å². The summed E-state index contributed by atoms with van der Waals surface area (Å²) in [4.78, 5) is 0. The molecule has 1 rings (SSSR count). The van der Waals surface area contributed by atoms with Gasteiger partial charge in [-0.1, -0.05) is 0 Å². The van der Waals surface area contributed by atoms with E-state index in [1.165, 1.54) is 0 Å². The normalized spacial score (nSPS) is 10.0. The van der Waals surface area contributed by atoms with Gasteiger partial charge in [-0.2, -0.15) is 0 Å². The van der Waals surface area contributed by atoms with E-state index < -0.39 is 0 Å². The monoisotopic (exact) mass is 126 g/mol. The molecule has 0 aliphatic rings. The molecule has 9 heavy (non-hydrogen) atoms. The van der Waals surface area contributed by atoms with Crippen molar-refractivity contribution in [2.24, 2.45) is 11.5 Å². The van der Waals surface area contributed by atoms with Gasteiger partial charge in [-0.3, -0.25) is 0 Å². The van der Waals surface area contributed by atoms with E-state index in [2.05, 4.69) is 0 Å². The number of hydrogen-bond acceptors (Lipinski definition) is 3. The third-order valence-electron chi connectivity index (χ3n) is 1.12. The standard InChI is InChI=1S/C6H10N2O/c7-3-5-1-2-6(4-8)9-5/h1-2H,3-4,7-8H2. The zero-order valence-electron chi connectivity index (χ0n) is 5.13. The summed E-state index contributed by atoms with van der Waals surface area (Å²) in [7, 11) is 0. The molecular weight excluding hydrogens is 116 g/mol. The number of hydrogen-bond donors (Lipinski definition) is 2. The van der Waals surface area contributed by atoms with Crippen molar-refractivity contribution in [3.05, 3.63) is 23.7 Å². The summed E-state index contributed by atoms with van der Waals surface area (Å²) in [5, 5.41) is 0. The molecule has 0 amide bonds. The van der Waals surface area contributed by atoms with Gasteiger partial charge in [-0.05, 0) is 12.1 Å². The zero-order valence-corrected chi connectivity index (χ0v) is 5.13.